The minimum absolute atomic E-state index is 0.143. The molecule has 40 heavy (non-hydrogen) atoms. The Morgan fingerprint density at radius 3 is 2.62 bits per heavy atom. The molecule has 1 aromatic heterocycles. The van der Waals surface area contributed by atoms with E-state index in [-0.39, 0.29) is 5.91 Å². The number of nitrogens with zero attached hydrogens (tertiary/aromatic N) is 3. The number of amides is 1. The number of hydrogen-bond donors (Lipinski definition) is 2. The summed E-state index contributed by atoms with van der Waals surface area (Å²) in [5, 5.41) is 11.4. The summed E-state index contributed by atoms with van der Waals surface area (Å²) in [5.74, 6) is 1.60. The van der Waals surface area contributed by atoms with E-state index < -0.39 is 0 Å². The third-order valence-corrected chi connectivity index (χ3v) is 8.07. The van der Waals surface area contributed by atoms with Gasteiger partial charge in [-0.25, -0.2) is 0 Å². The number of piperazine rings is 1. The Hall–Kier alpha value is -3.88. The van der Waals surface area contributed by atoms with Crippen LogP contribution in [0.3, 0.4) is 0 Å². The van der Waals surface area contributed by atoms with Crippen molar-refractivity contribution < 1.29 is 14.3 Å². The molecule has 1 amide bonds. The van der Waals surface area contributed by atoms with Crippen molar-refractivity contribution >= 4 is 28.3 Å². The first-order chi connectivity index (χ1) is 19.6. The SMILES string of the molecule is CN1CCN(c2ccc(C(=O)Nc3n[nH]c4ccc(OCc5ccccc5)cc34)c(CC3CCOCC3)c2)CC1. The van der Waals surface area contributed by atoms with Gasteiger partial charge < -0.3 is 24.6 Å². The van der Waals surface area contributed by atoms with Crippen molar-refractivity contribution in [3.8, 4) is 5.75 Å². The number of H-pyrrole nitrogens is 1. The average molecular weight is 540 g/mol. The van der Waals surface area contributed by atoms with Crippen LogP contribution >= 0.6 is 0 Å². The Bertz CT molecular complexity index is 1440. The number of rotatable bonds is 8. The van der Waals surface area contributed by atoms with Crippen molar-refractivity contribution in [2.45, 2.75) is 25.9 Å². The van der Waals surface area contributed by atoms with E-state index in [0.717, 1.165) is 86.4 Å². The van der Waals surface area contributed by atoms with Gasteiger partial charge in [0.2, 0.25) is 0 Å². The maximum absolute atomic E-state index is 13.7. The molecule has 3 heterocycles. The number of carbonyl (C=O) groups is 1. The van der Waals surface area contributed by atoms with Crippen molar-refractivity contribution in [3.63, 3.8) is 0 Å². The van der Waals surface area contributed by atoms with Crippen LogP contribution in [0.5, 0.6) is 5.75 Å². The number of ether oxygens (including phenoxy) is 2. The largest absolute Gasteiger partial charge is 0.489 e. The van der Waals surface area contributed by atoms with Crippen LogP contribution < -0.4 is 15.0 Å². The van der Waals surface area contributed by atoms with Gasteiger partial charge in [-0.2, -0.15) is 5.10 Å². The molecule has 0 bridgehead atoms. The molecule has 2 aliphatic rings. The Kier molecular flexibility index (Phi) is 7.97. The lowest BCUT2D eigenvalue weighted by Crippen LogP contribution is -2.44. The van der Waals surface area contributed by atoms with Gasteiger partial charge in [0, 0.05) is 56.0 Å². The zero-order valence-corrected chi connectivity index (χ0v) is 23.1. The lowest BCUT2D eigenvalue weighted by Gasteiger charge is -2.34. The van der Waals surface area contributed by atoms with Gasteiger partial charge in [0.1, 0.15) is 12.4 Å². The molecule has 3 aromatic carbocycles. The van der Waals surface area contributed by atoms with Gasteiger partial charge in [0.25, 0.3) is 5.91 Å². The molecule has 4 aromatic rings. The molecule has 0 saturated carbocycles. The van der Waals surface area contributed by atoms with Gasteiger partial charge in [-0.15, -0.1) is 0 Å². The number of nitrogens with one attached hydrogen (secondary N) is 2. The first-order valence-corrected chi connectivity index (χ1v) is 14.2. The van der Waals surface area contributed by atoms with Gasteiger partial charge in [0.15, 0.2) is 5.82 Å². The number of benzene rings is 3. The number of anilines is 2. The van der Waals surface area contributed by atoms with E-state index in [4.69, 9.17) is 9.47 Å². The van der Waals surface area contributed by atoms with Crippen molar-refractivity contribution in [1.29, 1.82) is 0 Å². The first-order valence-electron chi connectivity index (χ1n) is 14.2. The Morgan fingerprint density at radius 1 is 1.02 bits per heavy atom. The van der Waals surface area contributed by atoms with Gasteiger partial charge in [-0.3, -0.25) is 9.89 Å². The zero-order valence-electron chi connectivity index (χ0n) is 23.1. The van der Waals surface area contributed by atoms with Crippen molar-refractivity contribution in [1.82, 2.24) is 15.1 Å². The summed E-state index contributed by atoms with van der Waals surface area (Å²) in [6.45, 7) is 6.12. The van der Waals surface area contributed by atoms with Crippen LogP contribution in [0.4, 0.5) is 11.5 Å². The fraction of sp³-hybridized carbons (Fsp3) is 0.375. The molecular formula is C32H37N5O3. The molecule has 2 aliphatic heterocycles. The Morgan fingerprint density at radius 2 is 1.82 bits per heavy atom. The first kappa shape index (κ1) is 26.3. The second-order valence-electron chi connectivity index (χ2n) is 10.9. The van der Waals surface area contributed by atoms with Crippen LogP contribution in [0.25, 0.3) is 10.9 Å². The molecule has 8 nitrogen and oxygen atoms in total. The lowest BCUT2D eigenvalue weighted by molar-refractivity contribution is 0.0664. The molecule has 0 spiro atoms. The number of fused-ring (bicyclic) bond motifs is 1. The van der Waals surface area contributed by atoms with Gasteiger partial charge in [-0.1, -0.05) is 30.3 Å². The second-order valence-corrected chi connectivity index (χ2v) is 10.9. The Balaban J connectivity index is 1.22. The maximum atomic E-state index is 13.7. The molecule has 2 N–H and O–H groups in total. The van der Waals surface area contributed by atoms with Crippen molar-refractivity contribution in [2.75, 3.05) is 56.7 Å². The van der Waals surface area contributed by atoms with Crippen LogP contribution in [-0.4, -0.2) is 67.4 Å². The molecular weight excluding hydrogens is 502 g/mol. The van der Waals surface area contributed by atoms with Crippen LogP contribution in [0.1, 0.15) is 34.3 Å². The molecule has 2 saturated heterocycles. The highest BCUT2D eigenvalue weighted by molar-refractivity contribution is 6.09. The number of aromatic amines is 1. The lowest BCUT2D eigenvalue weighted by atomic mass is 9.89. The summed E-state index contributed by atoms with van der Waals surface area (Å²) in [4.78, 5) is 18.5. The molecule has 2 fully saturated rings. The smallest absolute Gasteiger partial charge is 0.257 e. The van der Waals surface area contributed by atoms with E-state index in [1.54, 1.807) is 0 Å². The van der Waals surface area contributed by atoms with E-state index in [9.17, 15) is 4.79 Å². The van der Waals surface area contributed by atoms with Crippen LogP contribution in [0.15, 0.2) is 66.7 Å². The van der Waals surface area contributed by atoms with Crippen molar-refractivity contribution in [2.24, 2.45) is 5.92 Å². The summed E-state index contributed by atoms with van der Waals surface area (Å²) < 4.78 is 11.6. The number of aromatic nitrogens is 2. The van der Waals surface area contributed by atoms with Crippen LogP contribution in [0.2, 0.25) is 0 Å². The fourth-order valence-electron chi connectivity index (χ4n) is 5.59. The van der Waals surface area contributed by atoms with Crippen LogP contribution in [0, 0.1) is 5.92 Å². The number of carbonyl (C=O) groups excluding carboxylic acids is 1. The maximum Gasteiger partial charge on any atom is 0.257 e. The average Bonchev–Trinajstić information content (AvgIpc) is 3.39. The molecule has 0 unspecified atom stereocenters. The van der Waals surface area contributed by atoms with E-state index in [1.807, 2.05) is 54.6 Å². The number of hydrogen-bond acceptors (Lipinski definition) is 6. The summed E-state index contributed by atoms with van der Waals surface area (Å²) in [6.07, 6.45) is 2.91. The summed E-state index contributed by atoms with van der Waals surface area (Å²) in [6, 6.07) is 22.1. The zero-order chi connectivity index (χ0) is 27.3. The molecule has 0 radical (unpaired) electrons. The van der Waals surface area contributed by atoms with Crippen molar-refractivity contribution in [3.05, 3.63) is 83.4 Å². The van der Waals surface area contributed by atoms with E-state index in [2.05, 4.69) is 44.5 Å². The molecule has 8 heteroatoms. The third-order valence-electron chi connectivity index (χ3n) is 8.07. The molecule has 0 aliphatic carbocycles. The fourth-order valence-corrected chi connectivity index (χ4v) is 5.59. The normalized spacial score (nSPS) is 16.8. The standard InChI is InChI=1S/C32H37N5O3/c1-36-13-15-37(16-14-36)26-7-9-28(25(20-26)19-23-11-17-39-18-12-23)32(38)33-31-29-21-27(8-10-30(29)34-35-31)40-22-24-5-3-2-4-6-24/h2-10,20-21,23H,11-19,22H2,1H3,(H2,33,34,35,38). The van der Waals surface area contributed by atoms with Crippen LogP contribution in [-0.2, 0) is 17.8 Å². The van der Waals surface area contributed by atoms with E-state index in [1.165, 1.54) is 5.69 Å². The minimum atomic E-state index is -0.143. The highest BCUT2D eigenvalue weighted by Gasteiger charge is 2.22. The van der Waals surface area contributed by atoms with Gasteiger partial charge in [-0.05, 0) is 79.8 Å². The highest BCUT2D eigenvalue weighted by atomic mass is 16.5. The third kappa shape index (κ3) is 6.13. The van der Waals surface area contributed by atoms with Gasteiger partial charge >= 0.3 is 0 Å². The molecule has 208 valence electrons. The predicted octanol–water partition coefficient (Wildman–Crippen LogP) is 5.12. The van der Waals surface area contributed by atoms with E-state index in [0.29, 0.717) is 23.9 Å². The minimum Gasteiger partial charge on any atom is -0.489 e. The van der Waals surface area contributed by atoms with E-state index >= 15 is 0 Å². The second kappa shape index (κ2) is 12.1. The molecule has 6 rings (SSSR count). The number of likely N-dealkylation sites (N-methyl/N-ethyl adjacent to an activating group) is 1. The van der Waals surface area contributed by atoms with Gasteiger partial charge in [0.05, 0.1) is 5.52 Å². The summed E-state index contributed by atoms with van der Waals surface area (Å²) in [7, 11) is 2.17. The topological polar surface area (TPSA) is 82.7 Å². The predicted molar refractivity (Wildman–Crippen MR) is 158 cm³/mol. The highest BCUT2D eigenvalue weighted by Crippen LogP contribution is 2.29. The Labute approximate surface area is 235 Å². The molecule has 0 atom stereocenters. The quantitative estimate of drug-likeness (QED) is 0.324. The monoisotopic (exact) mass is 539 g/mol. The summed E-state index contributed by atoms with van der Waals surface area (Å²) in [5.41, 5.74) is 4.93. The summed E-state index contributed by atoms with van der Waals surface area (Å²) >= 11 is 0.